The van der Waals surface area contributed by atoms with E-state index in [0.717, 1.165) is 19.4 Å². The number of hydrogen-bond acceptors (Lipinski definition) is 3. The highest BCUT2D eigenvalue weighted by Gasteiger charge is 2.25. The molecule has 17 heavy (non-hydrogen) atoms. The molecule has 1 aromatic rings. The summed E-state index contributed by atoms with van der Waals surface area (Å²) in [6.07, 6.45) is 6.50. The van der Waals surface area contributed by atoms with E-state index in [4.69, 9.17) is 5.73 Å². The molecular weight excluding hydrogens is 216 g/mol. The van der Waals surface area contributed by atoms with Crippen molar-refractivity contribution in [2.75, 3.05) is 12.3 Å². The Morgan fingerprint density at radius 2 is 2.29 bits per heavy atom. The van der Waals surface area contributed by atoms with Gasteiger partial charge in [-0.1, -0.05) is 12.8 Å². The van der Waals surface area contributed by atoms with Crippen LogP contribution in [0.3, 0.4) is 0 Å². The summed E-state index contributed by atoms with van der Waals surface area (Å²) in [5, 5.41) is 4.04. The van der Waals surface area contributed by atoms with Crippen LogP contribution >= 0.6 is 0 Å². The molecular formula is C12H20N4O. The van der Waals surface area contributed by atoms with Crippen LogP contribution in [0.25, 0.3) is 0 Å². The Hall–Kier alpha value is -1.52. The Labute approximate surface area is 102 Å². The Kier molecular flexibility index (Phi) is 3.66. The molecule has 0 aromatic carbocycles. The standard InChI is InChI=1S/C12H20N4O/c1-2-16(10-5-3-4-6-10)12(17)9-15-8-7-11(13)14-15/h7-8,10H,2-6,9H2,1H3,(H2,13,14). The van der Waals surface area contributed by atoms with Gasteiger partial charge in [-0.2, -0.15) is 5.10 Å². The molecule has 0 unspecified atom stereocenters. The number of amides is 1. The zero-order valence-corrected chi connectivity index (χ0v) is 10.3. The lowest BCUT2D eigenvalue weighted by molar-refractivity contribution is -0.134. The van der Waals surface area contributed by atoms with Crippen molar-refractivity contribution in [2.45, 2.75) is 45.2 Å². The van der Waals surface area contributed by atoms with Gasteiger partial charge >= 0.3 is 0 Å². The van der Waals surface area contributed by atoms with E-state index in [1.807, 2.05) is 11.8 Å². The fourth-order valence-corrected chi connectivity index (χ4v) is 2.55. The predicted molar refractivity (Wildman–Crippen MR) is 66.3 cm³/mol. The van der Waals surface area contributed by atoms with E-state index in [-0.39, 0.29) is 5.91 Å². The molecule has 5 heteroatoms. The Morgan fingerprint density at radius 1 is 1.59 bits per heavy atom. The van der Waals surface area contributed by atoms with Crippen LogP contribution in [0.5, 0.6) is 0 Å². The third kappa shape index (κ3) is 2.78. The minimum Gasteiger partial charge on any atom is -0.382 e. The van der Waals surface area contributed by atoms with E-state index in [9.17, 15) is 4.79 Å². The molecule has 2 N–H and O–H groups in total. The minimum absolute atomic E-state index is 0.141. The number of nitrogen functional groups attached to an aromatic ring is 1. The monoisotopic (exact) mass is 236 g/mol. The van der Waals surface area contributed by atoms with E-state index in [0.29, 0.717) is 18.4 Å². The van der Waals surface area contributed by atoms with Gasteiger partial charge in [-0.3, -0.25) is 9.48 Å². The van der Waals surface area contributed by atoms with Gasteiger partial charge in [0.15, 0.2) is 0 Å². The first-order valence-corrected chi connectivity index (χ1v) is 6.29. The van der Waals surface area contributed by atoms with Gasteiger partial charge in [-0.15, -0.1) is 0 Å². The van der Waals surface area contributed by atoms with Crippen LogP contribution in [0.2, 0.25) is 0 Å². The van der Waals surface area contributed by atoms with E-state index in [1.54, 1.807) is 16.9 Å². The minimum atomic E-state index is 0.141. The Balaban J connectivity index is 1.97. The average Bonchev–Trinajstić information content (AvgIpc) is 2.92. The third-order valence-electron chi connectivity index (χ3n) is 3.39. The first kappa shape index (κ1) is 12.0. The van der Waals surface area contributed by atoms with Crippen molar-refractivity contribution in [1.82, 2.24) is 14.7 Å². The normalized spacial score (nSPS) is 16.3. The zero-order valence-electron chi connectivity index (χ0n) is 10.3. The van der Waals surface area contributed by atoms with Crippen LogP contribution in [0.1, 0.15) is 32.6 Å². The third-order valence-corrected chi connectivity index (χ3v) is 3.39. The van der Waals surface area contributed by atoms with E-state index >= 15 is 0 Å². The van der Waals surface area contributed by atoms with Crippen LogP contribution in [0, 0.1) is 0 Å². The molecule has 1 saturated carbocycles. The number of carbonyl (C=O) groups excluding carboxylic acids is 1. The van der Waals surface area contributed by atoms with E-state index in [2.05, 4.69) is 5.10 Å². The number of aromatic nitrogens is 2. The molecule has 1 aliphatic rings. The smallest absolute Gasteiger partial charge is 0.244 e. The average molecular weight is 236 g/mol. The van der Waals surface area contributed by atoms with Gasteiger partial charge < -0.3 is 10.6 Å². The molecule has 2 rings (SSSR count). The fourth-order valence-electron chi connectivity index (χ4n) is 2.55. The summed E-state index contributed by atoms with van der Waals surface area (Å²) in [5.41, 5.74) is 5.53. The number of anilines is 1. The van der Waals surface area contributed by atoms with Crippen LogP contribution in [-0.2, 0) is 11.3 Å². The summed E-state index contributed by atoms with van der Waals surface area (Å²) in [6, 6.07) is 2.14. The Bertz CT molecular complexity index is 382. The van der Waals surface area contributed by atoms with Gasteiger partial charge in [0.05, 0.1) is 0 Å². The molecule has 0 aliphatic heterocycles. The highest BCUT2D eigenvalue weighted by Crippen LogP contribution is 2.23. The predicted octanol–water partition coefficient (Wildman–Crippen LogP) is 1.26. The first-order chi connectivity index (χ1) is 8.20. The molecule has 1 amide bonds. The number of carbonyl (C=O) groups is 1. The molecule has 0 atom stereocenters. The molecule has 0 bridgehead atoms. The molecule has 5 nitrogen and oxygen atoms in total. The van der Waals surface area contributed by atoms with Gasteiger partial charge in [-0.25, -0.2) is 0 Å². The highest BCUT2D eigenvalue weighted by atomic mass is 16.2. The highest BCUT2D eigenvalue weighted by molar-refractivity contribution is 5.76. The second kappa shape index (κ2) is 5.21. The summed E-state index contributed by atoms with van der Waals surface area (Å²) >= 11 is 0. The second-order valence-corrected chi connectivity index (χ2v) is 4.56. The number of nitrogens with two attached hydrogens (primary N) is 1. The second-order valence-electron chi connectivity index (χ2n) is 4.56. The summed E-state index contributed by atoms with van der Waals surface area (Å²) < 4.78 is 1.61. The first-order valence-electron chi connectivity index (χ1n) is 6.29. The topological polar surface area (TPSA) is 64.2 Å². The van der Waals surface area contributed by atoms with Crippen LogP contribution in [0.4, 0.5) is 5.82 Å². The summed E-state index contributed by atoms with van der Waals surface area (Å²) in [7, 11) is 0. The summed E-state index contributed by atoms with van der Waals surface area (Å²) in [5.74, 6) is 0.601. The quantitative estimate of drug-likeness (QED) is 0.856. The number of nitrogens with zero attached hydrogens (tertiary/aromatic N) is 3. The number of hydrogen-bond donors (Lipinski definition) is 1. The number of rotatable bonds is 4. The van der Waals surface area contributed by atoms with Crippen molar-refractivity contribution in [3.63, 3.8) is 0 Å². The lowest BCUT2D eigenvalue weighted by Crippen LogP contribution is -2.40. The van der Waals surface area contributed by atoms with Gasteiger partial charge in [0.25, 0.3) is 0 Å². The van der Waals surface area contributed by atoms with Crippen LogP contribution in [0.15, 0.2) is 12.3 Å². The van der Waals surface area contributed by atoms with Gasteiger partial charge in [0.1, 0.15) is 12.4 Å². The largest absolute Gasteiger partial charge is 0.382 e. The molecule has 1 heterocycles. The molecule has 0 spiro atoms. The van der Waals surface area contributed by atoms with Crippen LogP contribution in [-0.4, -0.2) is 33.2 Å². The molecule has 0 radical (unpaired) electrons. The van der Waals surface area contributed by atoms with E-state index in [1.165, 1.54) is 12.8 Å². The molecule has 1 fully saturated rings. The molecule has 1 aliphatic carbocycles. The SMILES string of the molecule is CCN(C(=O)Cn1ccc(N)n1)C1CCCC1. The van der Waals surface area contributed by atoms with Crippen molar-refractivity contribution in [3.05, 3.63) is 12.3 Å². The summed E-state index contributed by atoms with van der Waals surface area (Å²) in [4.78, 5) is 14.1. The number of likely N-dealkylation sites (N-methyl/N-ethyl adjacent to an activating group) is 1. The molecule has 1 aromatic heterocycles. The maximum atomic E-state index is 12.2. The van der Waals surface area contributed by atoms with Crippen molar-refractivity contribution in [1.29, 1.82) is 0 Å². The van der Waals surface area contributed by atoms with Crippen LogP contribution < -0.4 is 5.73 Å². The lowest BCUT2D eigenvalue weighted by atomic mass is 10.2. The maximum Gasteiger partial charge on any atom is 0.244 e. The fraction of sp³-hybridized carbons (Fsp3) is 0.667. The van der Waals surface area contributed by atoms with Gasteiger partial charge in [-0.05, 0) is 25.8 Å². The Morgan fingerprint density at radius 3 is 2.82 bits per heavy atom. The van der Waals surface area contributed by atoms with Crippen molar-refractivity contribution in [3.8, 4) is 0 Å². The molecule has 0 saturated heterocycles. The molecule has 94 valence electrons. The summed E-state index contributed by atoms with van der Waals surface area (Å²) in [6.45, 7) is 3.11. The van der Waals surface area contributed by atoms with Gasteiger partial charge in [0, 0.05) is 18.8 Å². The maximum absolute atomic E-state index is 12.2. The lowest BCUT2D eigenvalue weighted by Gasteiger charge is -2.27. The van der Waals surface area contributed by atoms with Crippen molar-refractivity contribution in [2.24, 2.45) is 0 Å². The zero-order chi connectivity index (χ0) is 12.3. The van der Waals surface area contributed by atoms with Crippen molar-refractivity contribution < 1.29 is 4.79 Å². The van der Waals surface area contributed by atoms with E-state index < -0.39 is 0 Å². The van der Waals surface area contributed by atoms with Gasteiger partial charge in [0.2, 0.25) is 5.91 Å². The van der Waals surface area contributed by atoms with Crippen molar-refractivity contribution >= 4 is 11.7 Å².